The topological polar surface area (TPSA) is 97.4 Å². The number of aryl methyl sites for hydroxylation is 1. The Morgan fingerprint density at radius 1 is 1.16 bits per heavy atom. The van der Waals surface area contributed by atoms with E-state index in [1.54, 1.807) is 6.07 Å². The summed E-state index contributed by atoms with van der Waals surface area (Å²) >= 11 is 1.44. The molecule has 218 valence electrons. The van der Waals surface area contributed by atoms with Gasteiger partial charge in [0.2, 0.25) is 0 Å². The normalized spacial score (nSPS) is 27.0. The van der Waals surface area contributed by atoms with Gasteiger partial charge in [-0.2, -0.15) is 8.42 Å². The summed E-state index contributed by atoms with van der Waals surface area (Å²) in [4.78, 5) is 13.5. The van der Waals surface area contributed by atoms with Gasteiger partial charge in [0.05, 0.1) is 25.6 Å². The highest BCUT2D eigenvalue weighted by molar-refractivity contribution is 7.86. The van der Waals surface area contributed by atoms with E-state index in [1.807, 2.05) is 6.07 Å². The third-order valence-electron chi connectivity index (χ3n) is 8.18. The first-order valence-electron chi connectivity index (χ1n) is 13.7. The molecular formula is C27H46O8S2Si. The lowest BCUT2D eigenvalue weighted by atomic mass is 9.89. The van der Waals surface area contributed by atoms with Crippen LogP contribution in [0.15, 0.2) is 12.1 Å². The molecule has 2 fully saturated rings. The molecule has 11 heteroatoms. The number of esters is 1. The van der Waals surface area contributed by atoms with E-state index >= 15 is 0 Å². The van der Waals surface area contributed by atoms with Crippen molar-refractivity contribution in [3.05, 3.63) is 21.9 Å². The van der Waals surface area contributed by atoms with E-state index in [0.717, 1.165) is 49.7 Å². The minimum Gasteiger partial charge on any atom is -0.465 e. The molecule has 38 heavy (non-hydrogen) atoms. The fourth-order valence-corrected chi connectivity index (χ4v) is 7.70. The first-order valence-corrected chi connectivity index (χ1v) is 19.2. The van der Waals surface area contributed by atoms with Crippen LogP contribution in [0, 0.1) is 11.8 Å². The number of methoxy groups -OCH3 is 1. The number of hydrogen-bond donors (Lipinski definition) is 0. The Kier molecular flexibility index (Phi) is 11.0. The molecule has 2 heterocycles. The molecule has 1 saturated carbocycles. The summed E-state index contributed by atoms with van der Waals surface area (Å²) in [6.07, 6.45) is 5.98. The van der Waals surface area contributed by atoms with Crippen molar-refractivity contribution < 1.29 is 36.0 Å². The van der Waals surface area contributed by atoms with E-state index in [-0.39, 0.29) is 35.2 Å². The van der Waals surface area contributed by atoms with E-state index in [9.17, 15) is 13.2 Å². The average molecular weight is 591 g/mol. The largest absolute Gasteiger partial charge is 0.465 e. The molecule has 8 nitrogen and oxygen atoms in total. The molecule has 1 aromatic heterocycles. The van der Waals surface area contributed by atoms with Gasteiger partial charge in [0.15, 0.2) is 14.6 Å². The minimum atomic E-state index is -3.64. The minimum absolute atomic E-state index is 0.00429. The quantitative estimate of drug-likeness (QED) is 0.172. The molecule has 1 aromatic rings. The molecule has 0 amide bonds. The number of rotatable bonds is 12. The Bertz CT molecular complexity index is 1010. The maximum absolute atomic E-state index is 12.2. The van der Waals surface area contributed by atoms with Crippen LogP contribution in [0.2, 0.25) is 18.1 Å². The van der Waals surface area contributed by atoms with Gasteiger partial charge in [-0.1, -0.05) is 20.8 Å². The Balaban J connectivity index is 1.78. The molecule has 2 aliphatic rings. The molecule has 0 N–H and O–H groups in total. The zero-order valence-electron chi connectivity index (χ0n) is 24.0. The van der Waals surface area contributed by atoms with Gasteiger partial charge >= 0.3 is 5.97 Å². The van der Waals surface area contributed by atoms with Gasteiger partial charge in [0.1, 0.15) is 4.88 Å². The van der Waals surface area contributed by atoms with Crippen molar-refractivity contribution in [3.8, 4) is 0 Å². The van der Waals surface area contributed by atoms with Gasteiger partial charge in [-0.15, -0.1) is 11.3 Å². The van der Waals surface area contributed by atoms with Crippen molar-refractivity contribution >= 4 is 35.7 Å². The molecule has 2 unspecified atom stereocenters. The predicted molar refractivity (Wildman–Crippen MR) is 152 cm³/mol. The summed E-state index contributed by atoms with van der Waals surface area (Å²) in [6, 6.07) is 3.75. The molecule has 3 rings (SSSR count). The van der Waals surface area contributed by atoms with Crippen molar-refractivity contribution in [2.75, 3.05) is 26.6 Å². The van der Waals surface area contributed by atoms with Crippen LogP contribution in [0.25, 0.3) is 0 Å². The first kappa shape index (κ1) is 31.7. The highest BCUT2D eigenvalue weighted by Crippen LogP contribution is 2.44. The SMILES string of the molecule is COC(=O)c1ccc(CCCC2[C@@H](OS(C)(=O)=O)C[C@@H](OC3CCCCO3)[C@@H]2CO[Si](C)(C)C(C)(C)C)s1. The Labute approximate surface area is 234 Å². The van der Waals surface area contributed by atoms with Crippen LogP contribution in [0.4, 0.5) is 0 Å². The van der Waals surface area contributed by atoms with Crippen molar-refractivity contribution in [1.29, 1.82) is 0 Å². The van der Waals surface area contributed by atoms with Crippen LogP contribution in [-0.4, -0.2) is 67.8 Å². The molecule has 1 aliphatic heterocycles. The van der Waals surface area contributed by atoms with Crippen LogP contribution in [0.3, 0.4) is 0 Å². The van der Waals surface area contributed by atoms with Crippen molar-refractivity contribution in [1.82, 2.24) is 0 Å². The summed E-state index contributed by atoms with van der Waals surface area (Å²) in [6.45, 7) is 12.3. The summed E-state index contributed by atoms with van der Waals surface area (Å²) in [5.74, 6) is -0.370. The second kappa shape index (κ2) is 13.2. The second-order valence-corrected chi connectivity index (χ2v) is 19.7. The van der Waals surface area contributed by atoms with E-state index in [0.29, 0.717) is 24.5 Å². The van der Waals surface area contributed by atoms with Gasteiger partial charge in [-0.25, -0.2) is 4.79 Å². The summed E-state index contributed by atoms with van der Waals surface area (Å²) < 4.78 is 54.0. The van der Waals surface area contributed by atoms with E-state index in [4.69, 9.17) is 22.8 Å². The molecule has 1 saturated heterocycles. The maximum atomic E-state index is 12.2. The van der Waals surface area contributed by atoms with Crippen molar-refractivity contribution in [3.63, 3.8) is 0 Å². The molecule has 0 bridgehead atoms. The standard InChI is InChI=1S/C27H46O8S2Si/c1-27(2,3)38(6,7)33-18-21-20(12-10-11-19-14-15-24(36-19)26(28)31-4)23(35-37(5,29)30)17-22(21)34-25-13-8-9-16-32-25/h14-15,20-23,25H,8-13,16-18H2,1-7H3/t20?,21-,22-,23+,25?/m1/s1. The number of hydrogen-bond acceptors (Lipinski definition) is 9. The van der Waals surface area contributed by atoms with Crippen molar-refractivity contribution in [2.45, 2.75) is 102 Å². The van der Waals surface area contributed by atoms with Crippen LogP contribution in [0.1, 0.15) is 73.8 Å². The number of carbonyl (C=O) groups is 1. The lowest BCUT2D eigenvalue weighted by molar-refractivity contribution is -0.197. The van der Waals surface area contributed by atoms with Gasteiger partial charge in [-0.3, -0.25) is 4.18 Å². The number of ether oxygens (including phenoxy) is 3. The zero-order chi connectivity index (χ0) is 28.1. The van der Waals surface area contributed by atoms with Gasteiger partial charge in [0, 0.05) is 30.4 Å². The molecule has 5 atom stereocenters. The lowest BCUT2D eigenvalue weighted by Crippen LogP contribution is -2.44. The third-order valence-corrected chi connectivity index (χ3v) is 14.4. The Morgan fingerprint density at radius 3 is 2.50 bits per heavy atom. The summed E-state index contributed by atoms with van der Waals surface area (Å²) in [7, 11) is -4.30. The first-order chi connectivity index (χ1) is 17.7. The molecule has 1 aliphatic carbocycles. The summed E-state index contributed by atoms with van der Waals surface area (Å²) in [5, 5.41) is 0.0586. The number of thiophene rings is 1. The van der Waals surface area contributed by atoms with Gasteiger partial charge < -0.3 is 18.6 Å². The van der Waals surface area contributed by atoms with Crippen LogP contribution >= 0.6 is 11.3 Å². The van der Waals surface area contributed by atoms with E-state index in [2.05, 4.69) is 33.9 Å². The fraction of sp³-hybridized carbons (Fsp3) is 0.815. The van der Waals surface area contributed by atoms with Crippen LogP contribution < -0.4 is 0 Å². The van der Waals surface area contributed by atoms with E-state index < -0.39 is 24.5 Å². The Morgan fingerprint density at radius 2 is 1.89 bits per heavy atom. The lowest BCUT2D eigenvalue weighted by Gasteiger charge is -2.39. The molecule has 0 spiro atoms. The van der Waals surface area contributed by atoms with Gasteiger partial charge in [0.25, 0.3) is 10.1 Å². The highest BCUT2D eigenvalue weighted by Gasteiger charge is 2.48. The average Bonchev–Trinajstić information content (AvgIpc) is 3.41. The van der Waals surface area contributed by atoms with E-state index in [1.165, 1.54) is 18.4 Å². The highest BCUT2D eigenvalue weighted by atomic mass is 32.2. The van der Waals surface area contributed by atoms with Gasteiger partial charge in [-0.05, 0) is 74.7 Å². The maximum Gasteiger partial charge on any atom is 0.348 e. The second-order valence-electron chi connectivity index (χ2n) is 12.1. The monoisotopic (exact) mass is 590 g/mol. The third kappa shape index (κ3) is 8.84. The zero-order valence-corrected chi connectivity index (χ0v) is 26.6. The molecule has 0 aromatic carbocycles. The Hall–Kier alpha value is -0.823. The molecular weight excluding hydrogens is 545 g/mol. The van der Waals surface area contributed by atoms with Crippen LogP contribution in [-0.2, 0) is 39.4 Å². The van der Waals surface area contributed by atoms with Crippen molar-refractivity contribution in [2.24, 2.45) is 11.8 Å². The smallest absolute Gasteiger partial charge is 0.348 e. The number of carbonyl (C=O) groups excluding carboxylic acids is 1. The summed E-state index contributed by atoms with van der Waals surface area (Å²) in [5.41, 5.74) is 0. The van der Waals surface area contributed by atoms with Crippen LogP contribution in [0.5, 0.6) is 0 Å². The fourth-order valence-electron chi connectivity index (χ4n) is 5.02. The predicted octanol–water partition coefficient (Wildman–Crippen LogP) is 5.77. The molecule has 0 radical (unpaired) electrons.